The van der Waals surface area contributed by atoms with Crippen molar-refractivity contribution in [2.75, 3.05) is 5.32 Å². The molecule has 0 radical (unpaired) electrons. The summed E-state index contributed by atoms with van der Waals surface area (Å²) >= 11 is 6.02. The zero-order chi connectivity index (χ0) is 21.4. The molecular formula is C26H25ClN2O. The van der Waals surface area contributed by atoms with E-state index in [-0.39, 0.29) is 5.91 Å². The fourth-order valence-electron chi connectivity index (χ4n) is 3.92. The van der Waals surface area contributed by atoms with Gasteiger partial charge in [0.2, 0.25) is 0 Å². The van der Waals surface area contributed by atoms with Gasteiger partial charge in [-0.3, -0.25) is 4.79 Å². The number of nitrogens with zero attached hydrogens (tertiary/aromatic N) is 1. The van der Waals surface area contributed by atoms with Crippen molar-refractivity contribution in [2.24, 2.45) is 0 Å². The molecule has 0 aliphatic heterocycles. The molecule has 0 fully saturated rings. The van der Waals surface area contributed by atoms with E-state index in [1.165, 1.54) is 22.4 Å². The summed E-state index contributed by atoms with van der Waals surface area (Å²) in [5, 5.41) is 4.89. The van der Waals surface area contributed by atoms with E-state index >= 15 is 0 Å². The highest BCUT2D eigenvalue weighted by Crippen LogP contribution is 2.28. The van der Waals surface area contributed by atoms with Crippen LogP contribution in [0.25, 0.3) is 10.9 Å². The predicted molar refractivity (Wildman–Crippen MR) is 126 cm³/mol. The highest BCUT2D eigenvalue weighted by atomic mass is 35.5. The molecule has 3 nitrogen and oxygen atoms in total. The Hall–Kier alpha value is -3.04. The molecule has 3 aromatic carbocycles. The van der Waals surface area contributed by atoms with E-state index in [2.05, 4.69) is 41.9 Å². The quantitative estimate of drug-likeness (QED) is 0.388. The number of benzene rings is 3. The molecule has 4 aromatic rings. The fourth-order valence-corrected chi connectivity index (χ4v) is 4.04. The van der Waals surface area contributed by atoms with Gasteiger partial charge in [-0.25, -0.2) is 0 Å². The Bertz CT molecular complexity index is 1250. The van der Waals surface area contributed by atoms with Gasteiger partial charge in [0.25, 0.3) is 5.91 Å². The normalized spacial score (nSPS) is 11.1. The topological polar surface area (TPSA) is 34.0 Å². The number of halogens is 1. The molecule has 1 N–H and O–H groups in total. The molecule has 1 heterocycles. The lowest BCUT2D eigenvalue weighted by Gasteiger charge is -2.11. The van der Waals surface area contributed by atoms with E-state index in [0.29, 0.717) is 5.56 Å². The molecule has 4 rings (SSSR count). The molecule has 1 aromatic heterocycles. The first-order chi connectivity index (χ1) is 14.3. The smallest absolute Gasteiger partial charge is 0.255 e. The van der Waals surface area contributed by atoms with Crippen LogP contribution in [0.3, 0.4) is 0 Å². The molecule has 0 bridgehead atoms. The Morgan fingerprint density at radius 3 is 2.37 bits per heavy atom. The zero-order valence-corrected chi connectivity index (χ0v) is 18.5. The lowest BCUT2D eigenvalue weighted by molar-refractivity contribution is 0.102. The van der Waals surface area contributed by atoms with E-state index in [9.17, 15) is 4.79 Å². The zero-order valence-electron chi connectivity index (χ0n) is 17.7. The molecule has 0 spiro atoms. The lowest BCUT2D eigenvalue weighted by Crippen LogP contribution is -2.12. The second kappa shape index (κ2) is 8.00. The van der Waals surface area contributed by atoms with Crippen LogP contribution in [-0.4, -0.2) is 10.5 Å². The lowest BCUT2D eigenvalue weighted by atomic mass is 10.1. The van der Waals surface area contributed by atoms with Gasteiger partial charge in [-0.1, -0.05) is 41.4 Å². The largest absolute Gasteiger partial charge is 0.340 e. The van der Waals surface area contributed by atoms with Gasteiger partial charge in [0.15, 0.2) is 0 Å². The van der Waals surface area contributed by atoms with Gasteiger partial charge in [-0.2, -0.15) is 0 Å². The van der Waals surface area contributed by atoms with Crippen LogP contribution in [0.4, 0.5) is 5.69 Å². The molecular weight excluding hydrogens is 392 g/mol. The van der Waals surface area contributed by atoms with Gasteiger partial charge in [0.05, 0.1) is 0 Å². The highest BCUT2D eigenvalue weighted by molar-refractivity contribution is 6.30. The molecule has 0 saturated carbocycles. The Morgan fingerprint density at radius 2 is 1.67 bits per heavy atom. The maximum atomic E-state index is 12.9. The molecule has 0 unspecified atom stereocenters. The monoisotopic (exact) mass is 416 g/mol. The second-order valence-electron chi connectivity index (χ2n) is 7.93. The third kappa shape index (κ3) is 3.86. The number of aryl methyl sites for hydroxylation is 3. The van der Waals surface area contributed by atoms with Crippen LogP contribution in [0.2, 0.25) is 5.02 Å². The van der Waals surface area contributed by atoms with Crippen molar-refractivity contribution in [3.05, 3.63) is 99.2 Å². The summed E-state index contributed by atoms with van der Waals surface area (Å²) in [6.45, 7) is 9.06. The number of fused-ring (bicyclic) bond motifs is 1. The number of carbonyl (C=O) groups is 1. The summed E-state index contributed by atoms with van der Waals surface area (Å²) < 4.78 is 2.29. The molecule has 0 atom stereocenters. The Morgan fingerprint density at radius 1 is 0.933 bits per heavy atom. The van der Waals surface area contributed by atoms with E-state index < -0.39 is 0 Å². The summed E-state index contributed by atoms with van der Waals surface area (Å²) in [5.74, 6) is -0.0913. The van der Waals surface area contributed by atoms with Crippen LogP contribution in [0.15, 0.2) is 60.7 Å². The molecule has 152 valence electrons. The van der Waals surface area contributed by atoms with Crippen LogP contribution in [0.1, 0.15) is 38.3 Å². The van der Waals surface area contributed by atoms with Crippen molar-refractivity contribution in [2.45, 2.75) is 34.2 Å². The highest BCUT2D eigenvalue weighted by Gasteiger charge is 2.15. The van der Waals surface area contributed by atoms with Crippen molar-refractivity contribution in [3.8, 4) is 0 Å². The first-order valence-corrected chi connectivity index (χ1v) is 10.4. The molecule has 0 aliphatic rings. The number of hydrogen-bond donors (Lipinski definition) is 1. The second-order valence-corrected chi connectivity index (χ2v) is 8.36. The van der Waals surface area contributed by atoms with Crippen LogP contribution < -0.4 is 5.32 Å². The van der Waals surface area contributed by atoms with E-state index in [0.717, 1.165) is 33.7 Å². The van der Waals surface area contributed by atoms with Crippen LogP contribution in [-0.2, 0) is 6.54 Å². The maximum Gasteiger partial charge on any atom is 0.255 e. The van der Waals surface area contributed by atoms with Crippen LogP contribution >= 0.6 is 11.6 Å². The molecule has 4 heteroatoms. The van der Waals surface area contributed by atoms with Gasteiger partial charge < -0.3 is 9.88 Å². The van der Waals surface area contributed by atoms with Crippen LogP contribution in [0.5, 0.6) is 0 Å². The van der Waals surface area contributed by atoms with Crippen molar-refractivity contribution in [3.63, 3.8) is 0 Å². The number of rotatable bonds is 4. The summed E-state index contributed by atoms with van der Waals surface area (Å²) in [5.41, 5.74) is 8.46. The number of carbonyl (C=O) groups excluding carboxylic acids is 1. The van der Waals surface area contributed by atoms with Gasteiger partial charge in [-0.05, 0) is 80.8 Å². The first kappa shape index (κ1) is 20.2. The Labute approximate surface area is 182 Å². The summed E-state index contributed by atoms with van der Waals surface area (Å²) in [7, 11) is 0. The van der Waals surface area contributed by atoms with Crippen molar-refractivity contribution in [1.82, 2.24) is 4.57 Å². The van der Waals surface area contributed by atoms with E-state index in [4.69, 9.17) is 11.6 Å². The number of anilines is 1. The van der Waals surface area contributed by atoms with Gasteiger partial charge >= 0.3 is 0 Å². The maximum absolute atomic E-state index is 12.9. The first-order valence-electron chi connectivity index (χ1n) is 10.1. The minimum Gasteiger partial charge on any atom is -0.340 e. The third-order valence-electron chi connectivity index (χ3n) is 5.79. The Balaban J connectivity index is 1.66. The van der Waals surface area contributed by atoms with Gasteiger partial charge in [0, 0.05) is 39.4 Å². The predicted octanol–water partition coefficient (Wildman–Crippen LogP) is 6.83. The summed E-state index contributed by atoms with van der Waals surface area (Å²) in [6.07, 6.45) is 0. The van der Waals surface area contributed by atoms with Crippen molar-refractivity contribution in [1.29, 1.82) is 0 Å². The minimum absolute atomic E-state index is 0.0913. The SMILES string of the molecule is Cc1ccc(NC(=O)c2ccc3c(c2)c(C)c(C)n3Cc2ccc(Cl)cc2)c(C)c1. The standard InChI is InChI=1S/C26H25ClN2O/c1-16-5-11-24(17(2)13-16)28-26(30)21-8-12-25-23(14-21)18(3)19(4)29(25)15-20-6-9-22(27)10-7-20/h5-14H,15H2,1-4H3,(H,28,30). The van der Waals surface area contributed by atoms with Gasteiger partial charge in [0.1, 0.15) is 0 Å². The van der Waals surface area contributed by atoms with E-state index in [1.54, 1.807) is 0 Å². The average molecular weight is 417 g/mol. The number of amides is 1. The number of aromatic nitrogens is 1. The van der Waals surface area contributed by atoms with Gasteiger partial charge in [-0.15, -0.1) is 0 Å². The number of hydrogen-bond acceptors (Lipinski definition) is 1. The average Bonchev–Trinajstić information content (AvgIpc) is 2.96. The fraction of sp³-hybridized carbons (Fsp3) is 0.192. The van der Waals surface area contributed by atoms with E-state index in [1.807, 2.05) is 56.3 Å². The summed E-state index contributed by atoms with van der Waals surface area (Å²) in [6, 6.07) is 19.9. The molecule has 1 amide bonds. The molecule has 30 heavy (non-hydrogen) atoms. The Kier molecular flexibility index (Phi) is 5.40. The molecule has 0 aliphatic carbocycles. The summed E-state index contributed by atoms with van der Waals surface area (Å²) in [4.78, 5) is 12.9. The number of nitrogens with one attached hydrogen (secondary N) is 1. The molecule has 0 saturated heterocycles. The van der Waals surface area contributed by atoms with Crippen molar-refractivity contribution < 1.29 is 4.79 Å². The minimum atomic E-state index is -0.0913. The van der Waals surface area contributed by atoms with Crippen molar-refractivity contribution >= 4 is 34.1 Å². The van der Waals surface area contributed by atoms with Crippen LogP contribution in [0, 0.1) is 27.7 Å². The third-order valence-corrected chi connectivity index (χ3v) is 6.04.